The lowest BCUT2D eigenvalue weighted by Crippen LogP contribution is -2.66. The van der Waals surface area contributed by atoms with Crippen molar-refractivity contribution < 1.29 is 14.3 Å². The van der Waals surface area contributed by atoms with Crippen LogP contribution >= 0.6 is 0 Å². The lowest BCUT2D eigenvalue weighted by Gasteiger charge is -2.42. The molecule has 0 aromatic carbocycles. The number of amides is 2. The van der Waals surface area contributed by atoms with Gasteiger partial charge in [-0.25, -0.2) is 0 Å². The quantitative estimate of drug-likeness (QED) is 0.791. The van der Waals surface area contributed by atoms with Gasteiger partial charge in [0.05, 0.1) is 12.6 Å². The highest BCUT2D eigenvalue weighted by Gasteiger charge is 2.41. The molecule has 0 radical (unpaired) electrons. The third kappa shape index (κ3) is 2.83. The van der Waals surface area contributed by atoms with Gasteiger partial charge in [-0.05, 0) is 19.8 Å². The smallest absolute Gasteiger partial charge is 0.246 e. The van der Waals surface area contributed by atoms with Crippen LogP contribution in [0.3, 0.4) is 0 Å². The number of nitrogens with zero attached hydrogens (tertiary/aromatic N) is 1. The first-order chi connectivity index (χ1) is 8.43. The molecule has 2 amide bonds. The van der Waals surface area contributed by atoms with Gasteiger partial charge < -0.3 is 15.0 Å². The molecule has 0 saturated carbocycles. The lowest BCUT2D eigenvalue weighted by molar-refractivity contribution is -0.153. The standard InChI is InChI=1S/C13H24N2O3/c1-6-8(2)11-13(17)15(9(3)7-18-5)10(4)12(16)14-11/h8-11H,6-7H2,1-5H3,(H,14,16). The van der Waals surface area contributed by atoms with Gasteiger partial charge in [0.2, 0.25) is 11.8 Å². The van der Waals surface area contributed by atoms with Crippen molar-refractivity contribution in [1.29, 1.82) is 0 Å². The van der Waals surface area contributed by atoms with Gasteiger partial charge in [0.25, 0.3) is 0 Å². The zero-order valence-electron chi connectivity index (χ0n) is 11.9. The molecule has 4 unspecified atom stereocenters. The van der Waals surface area contributed by atoms with E-state index in [9.17, 15) is 9.59 Å². The van der Waals surface area contributed by atoms with Crippen LogP contribution in [-0.4, -0.2) is 48.6 Å². The molecular weight excluding hydrogens is 232 g/mol. The first kappa shape index (κ1) is 15.0. The molecule has 1 N–H and O–H groups in total. The number of hydrogen-bond acceptors (Lipinski definition) is 3. The van der Waals surface area contributed by atoms with Crippen LogP contribution in [0, 0.1) is 5.92 Å². The van der Waals surface area contributed by atoms with E-state index in [-0.39, 0.29) is 23.8 Å². The van der Waals surface area contributed by atoms with E-state index in [0.717, 1.165) is 6.42 Å². The topological polar surface area (TPSA) is 58.6 Å². The normalized spacial score (nSPS) is 27.9. The molecule has 1 aliphatic rings. The summed E-state index contributed by atoms with van der Waals surface area (Å²) >= 11 is 0. The minimum Gasteiger partial charge on any atom is -0.383 e. The molecule has 18 heavy (non-hydrogen) atoms. The minimum absolute atomic E-state index is 0.000926. The summed E-state index contributed by atoms with van der Waals surface area (Å²) in [6.45, 7) is 8.11. The fraction of sp³-hybridized carbons (Fsp3) is 0.846. The number of rotatable bonds is 5. The van der Waals surface area contributed by atoms with E-state index in [2.05, 4.69) is 5.32 Å². The zero-order chi connectivity index (χ0) is 13.9. The number of piperazine rings is 1. The molecule has 5 heteroatoms. The molecule has 0 aliphatic carbocycles. The van der Waals surface area contributed by atoms with Crippen molar-refractivity contribution in [1.82, 2.24) is 10.2 Å². The van der Waals surface area contributed by atoms with Crippen LogP contribution in [0.2, 0.25) is 0 Å². The Kier molecular flexibility index (Phi) is 5.14. The monoisotopic (exact) mass is 256 g/mol. The Morgan fingerprint density at radius 2 is 2.00 bits per heavy atom. The number of carbonyl (C=O) groups excluding carboxylic acids is 2. The molecule has 0 bridgehead atoms. The Morgan fingerprint density at radius 1 is 1.39 bits per heavy atom. The van der Waals surface area contributed by atoms with Crippen molar-refractivity contribution in [3.8, 4) is 0 Å². The molecule has 5 nitrogen and oxygen atoms in total. The van der Waals surface area contributed by atoms with Crippen LogP contribution in [0.4, 0.5) is 0 Å². The van der Waals surface area contributed by atoms with E-state index in [0.29, 0.717) is 6.61 Å². The fourth-order valence-electron chi connectivity index (χ4n) is 2.36. The average Bonchev–Trinajstić information content (AvgIpc) is 2.33. The van der Waals surface area contributed by atoms with Crippen molar-refractivity contribution in [2.75, 3.05) is 13.7 Å². The van der Waals surface area contributed by atoms with Crippen LogP contribution in [0.25, 0.3) is 0 Å². The average molecular weight is 256 g/mol. The maximum absolute atomic E-state index is 12.5. The molecule has 104 valence electrons. The predicted octanol–water partition coefficient (Wildman–Crippen LogP) is 0.783. The summed E-state index contributed by atoms with van der Waals surface area (Å²) in [5.41, 5.74) is 0. The van der Waals surface area contributed by atoms with Gasteiger partial charge in [-0.3, -0.25) is 9.59 Å². The Hall–Kier alpha value is -1.10. The van der Waals surface area contributed by atoms with Crippen LogP contribution in [0.1, 0.15) is 34.1 Å². The van der Waals surface area contributed by atoms with Gasteiger partial charge in [-0.15, -0.1) is 0 Å². The minimum atomic E-state index is -0.428. The van der Waals surface area contributed by atoms with Crippen molar-refractivity contribution >= 4 is 11.8 Å². The summed E-state index contributed by atoms with van der Waals surface area (Å²) in [6, 6.07) is -0.920. The second kappa shape index (κ2) is 6.18. The molecule has 0 aromatic rings. The van der Waals surface area contributed by atoms with Crippen molar-refractivity contribution in [3.05, 3.63) is 0 Å². The Bertz CT molecular complexity index is 319. The maximum atomic E-state index is 12.5. The lowest BCUT2D eigenvalue weighted by atomic mass is 9.93. The third-order valence-corrected chi connectivity index (χ3v) is 3.71. The number of ether oxygens (including phenoxy) is 1. The van der Waals surface area contributed by atoms with Crippen molar-refractivity contribution in [2.24, 2.45) is 5.92 Å². The first-order valence-corrected chi connectivity index (χ1v) is 6.55. The molecule has 1 saturated heterocycles. The van der Waals surface area contributed by atoms with E-state index in [4.69, 9.17) is 4.74 Å². The van der Waals surface area contributed by atoms with E-state index in [1.807, 2.05) is 20.8 Å². The summed E-state index contributed by atoms with van der Waals surface area (Å²) in [6.07, 6.45) is 0.859. The van der Waals surface area contributed by atoms with Gasteiger partial charge in [-0.1, -0.05) is 20.3 Å². The van der Waals surface area contributed by atoms with Gasteiger partial charge in [0, 0.05) is 7.11 Å². The highest BCUT2D eigenvalue weighted by molar-refractivity contribution is 5.97. The molecule has 1 rings (SSSR count). The predicted molar refractivity (Wildman–Crippen MR) is 69.0 cm³/mol. The van der Waals surface area contributed by atoms with Gasteiger partial charge in [0.15, 0.2) is 0 Å². The largest absolute Gasteiger partial charge is 0.383 e. The molecular formula is C13H24N2O3. The van der Waals surface area contributed by atoms with Gasteiger partial charge in [-0.2, -0.15) is 0 Å². The van der Waals surface area contributed by atoms with E-state index < -0.39 is 12.1 Å². The van der Waals surface area contributed by atoms with Crippen LogP contribution in [0.5, 0.6) is 0 Å². The highest BCUT2D eigenvalue weighted by atomic mass is 16.5. The zero-order valence-corrected chi connectivity index (χ0v) is 11.9. The van der Waals surface area contributed by atoms with E-state index in [1.54, 1.807) is 18.9 Å². The third-order valence-electron chi connectivity index (χ3n) is 3.71. The van der Waals surface area contributed by atoms with Crippen molar-refractivity contribution in [2.45, 2.75) is 52.2 Å². The number of hydrogen-bond donors (Lipinski definition) is 1. The summed E-state index contributed by atoms with van der Waals surface area (Å²) in [4.78, 5) is 26.0. The summed E-state index contributed by atoms with van der Waals surface area (Å²) in [5.74, 6) is 0.0649. The number of nitrogens with one attached hydrogen (secondary N) is 1. The first-order valence-electron chi connectivity index (χ1n) is 6.55. The Balaban J connectivity index is 2.92. The summed E-state index contributed by atoms with van der Waals surface area (Å²) in [5, 5.41) is 2.82. The molecule has 1 fully saturated rings. The Morgan fingerprint density at radius 3 is 2.50 bits per heavy atom. The molecule has 1 aliphatic heterocycles. The number of methoxy groups -OCH3 is 1. The van der Waals surface area contributed by atoms with Crippen molar-refractivity contribution in [3.63, 3.8) is 0 Å². The Labute approximate surface area is 109 Å². The maximum Gasteiger partial charge on any atom is 0.246 e. The summed E-state index contributed by atoms with van der Waals surface area (Å²) < 4.78 is 5.09. The highest BCUT2D eigenvalue weighted by Crippen LogP contribution is 2.20. The van der Waals surface area contributed by atoms with Crippen LogP contribution in [-0.2, 0) is 14.3 Å². The van der Waals surface area contributed by atoms with E-state index >= 15 is 0 Å². The molecule has 0 spiro atoms. The molecule has 1 heterocycles. The SMILES string of the molecule is CCC(C)C1NC(=O)C(C)N(C(C)COC)C1=O. The molecule has 0 aromatic heterocycles. The number of carbonyl (C=O) groups is 2. The molecule has 4 atom stereocenters. The van der Waals surface area contributed by atoms with Gasteiger partial charge >= 0.3 is 0 Å². The second-order valence-corrected chi connectivity index (χ2v) is 5.10. The van der Waals surface area contributed by atoms with Crippen LogP contribution < -0.4 is 5.32 Å². The van der Waals surface area contributed by atoms with Crippen LogP contribution in [0.15, 0.2) is 0 Å². The second-order valence-electron chi connectivity index (χ2n) is 5.10. The summed E-state index contributed by atoms with van der Waals surface area (Å²) in [7, 11) is 1.60. The van der Waals surface area contributed by atoms with E-state index in [1.165, 1.54) is 0 Å². The van der Waals surface area contributed by atoms with Gasteiger partial charge in [0.1, 0.15) is 12.1 Å². The fourth-order valence-corrected chi connectivity index (χ4v) is 2.36.